The molecular weight excluding hydrogens is 594 g/mol. The second-order valence-electron chi connectivity index (χ2n) is 10.8. The normalized spacial score (nSPS) is 17.7. The van der Waals surface area contributed by atoms with Gasteiger partial charge in [0, 0.05) is 42.7 Å². The summed E-state index contributed by atoms with van der Waals surface area (Å²) in [5.41, 5.74) is -0.900. The van der Waals surface area contributed by atoms with Gasteiger partial charge in [0.05, 0.1) is 30.3 Å². The van der Waals surface area contributed by atoms with Crippen molar-refractivity contribution >= 4 is 28.9 Å². The molecule has 4 heterocycles. The van der Waals surface area contributed by atoms with Crippen LogP contribution >= 0.6 is 11.3 Å². The minimum absolute atomic E-state index is 0.0244. The molecule has 0 unspecified atom stereocenters. The Labute approximate surface area is 256 Å². The SMILES string of the molecule is CCN1CCC2(CC1)CN(c1c(/C=C(\F)c3csc(-c4ccnnc4)n3)ccc(Oc3ccccc3)c1C(F)(F)F)CCO2. The smallest absolute Gasteiger partial charge is 0.422 e. The highest BCUT2D eigenvalue weighted by atomic mass is 32.1. The first-order chi connectivity index (χ1) is 21.2. The molecule has 2 aromatic heterocycles. The van der Waals surface area contributed by atoms with Gasteiger partial charge in [0.15, 0.2) is 0 Å². The number of para-hydroxylation sites is 1. The Bertz CT molecular complexity index is 1610. The fraction of sp³-hybridized carbons (Fsp3) is 0.344. The first kappa shape index (κ1) is 30.2. The maximum absolute atomic E-state index is 15.8. The number of rotatable bonds is 7. The third-order valence-electron chi connectivity index (χ3n) is 8.07. The van der Waals surface area contributed by atoms with Gasteiger partial charge in [-0.1, -0.05) is 25.1 Å². The zero-order valence-electron chi connectivity index (χ0n) is 24.1. The second kappa shape index (κ2) is 12.6. The third-order valence-corrected chi connectivity index (χ3v) is 8.96. The maximum atomic E-state index is 15.8. The first-order valence-corrected chi connectivity index (χ1v) is 15.3. The second-order valence-corrected chi connectivity index (χ2v) is 11.7. The predicted molar refractivity (Wildman–Crippen MR) is 162 cm³/mol. The lowest BCUT2D eigenvalue weighted by Crippen LogP contribution is -2.57. The number of anilines is 1. The number of ether oxygens (including phenoxy) is 2. The molecule has 44 heavy (non-hydrogen) atoms. The van der Waals surface area contributed by atoms with Gasteiger partial charge in [0.1, 0.15) is 33.6 Å². The molecule has 1 spiro atoms. The number of aromatic nitrogens is 3. The summed E-state index contributed by atoms with van der Waals surface area (Å²) in [7, 11) is 0. The standard InChI is InChI=1S/C32H31F4N5O2S/c1-2-40-14-11-31(12-15-40)21-41(16-17-42-31)29-22(18-25(33)26-20-44-30(39-26)23-10-13-37-38-19-23)8-9-27(28(29)32(34,35)36)43-24-6-4-3-5-7-24/h3-10,13,18-20H,2,11-12,14-17,21H2,1H3/b25-18-. The minimum atomic E-state index is -4.79. The highest BCUT2D eigenvalue weighted by Gasteiger charge is 2.44. The van der Waals surface area contributed by atoms with Gasteiger partial charge in [-0.2, -0.15) is 23.4 Å². The number of halogens is 4. The molecule has 0 N–H and O–H groups in total. The van der Waals surface area contributed by atoms with E-state index in [0.29, 0.717) is 23.4 Å². The third kappa shape index (κ3) is 6.47. The highest BCUT2D eigenvalue weighted by molar-refractivity contribution is 7.13. The Morgan fingerprint density at radius 2 is 1.86 bits per heavy atom. The van der Waals surface area contributed by atoms with E-state index >= 15 is 17.6 Å². The molecule has 0 aliphatic carbocycles. The van der Waals surface area contributed by atoms with Crippen LogP contribution in [0.15, 0.2) is 66.3 Å². The summed E-state index contributed by atoms with van der Waals surface area (Å²) < 4.78 is 73.0. The number of thiazole rings is 1. The number of hydrogen-bond acceptors (Lipinski definition) is 8. The Balaban J connectivity index is 1.43. The van der Waals surface area contributed by atoms with Crippen molar-refractivity contribution in [1.82, 2.24) is 20.1 Å². The number of piperidine rings is 1. The molecule has 230 valence electrons. The minimum Gasteiger partial charge on any atom is -0.457 e. The van der Waals surface area contributed by atoms with Crippen LogP contribution in [0.4, 0.5) is 23.2 Å². The van der Waals surface area contributed by atoms with Crippen molar-refractivity contribution in [1.29, 1.82) is 0 Å². The van der Waals surface area contributed by atoms with Gasteiger partial charge in [0.2, 0.25) is 0 Å². The molecule has 6 rings (SSSR count). The largest absolute Gasteiger partial charge is 0.457 e. The van der Waals surface area contributed by atoms with Gasteiger partial charge in [-0.15, -0.1) is 11.3 Å². The van der Waals surface area contributed by atoms with Crippen LogP contribution in [0.25, 0.3) is 22.5 Å². The first-order valence-electron chi connectivity index (χ1n) is 14.4. The molecule has 4 aromatic rings. The van der Waals surface area contributed by atoms with E-state index in [0.717, 1.165) is 25.7 Å². The molecule has 2 fully saturated rings. The average Bonchev–Trinajstić information content (AvgIpc) is 3.53. The Morgan fingerprint density at radius 3 is 2.57 bits per heavy atom. The molecule has 0 saturated carbocycles. The number of alkyl halides is 3. The van der Waals surface area contributed by atoms with Gasteiger partial charge in [0.25, 0.3) is 0 Å². The van der Waals surface area contributed by atoms with E-state index in [9.17, 15) is 0 Å². The summed E-state index contributed by atoms with van der Waals surface area (Å²) in [6.45, 7) is 5.32. The zero-order valence-corrected chi connectivity index (χ0v) is 24.9. The van der Waals surface area contributed by atoms with Gasteiger partial charge in [-0.3, -0.25) is 0 Å². The van der Waals surface area contributed by atoms with Crippen molar-refractivity contribution < 1.29 is 27.0 Å². The Hall–Kier alpha value is -3.87. The van der Waals surface area contributed by atoms with E-state index in [4.69, 9.17) is 9.47 Å². The van der Waals surface area contributed by atoms with Crippen molar-refractivity contribution in [3.63, 3.8) is 0 Å². The average molecular weight is 626 g/mol. The molecular formula is C32H31F4N5O2S. The molecule has 12 heteroatoms. The number of morpholine rings is 1. The highest BCUT2D eigenvalue weighted by Crippen LogP contribution is 2.48. The Kier molecular flexibility index (Phi) is 8.66. The molecule has 0 amide bonds. The topological polar surface area (TPSA) is 63.6 Å². The van der Waals surface area contributed by atoms with E-state index < -0.39 is 23.2 Å². The molecule has 7 nitrogen and oxygen atoms in total. The van der Waals surface area contributed by atoms with Gasteiger partial charge in [-0.25, -0.2) is 9.37 Å². The van der Waals surface area contributed by atoms with Crippen LogP contribution in [-0.2, 0) is 10.9 Å². The van der Waals surface area contributed by atoms with Crippen molar-refractivity contribution in [2.45, 2.75) is 31.5 Å². The summed E-state index contributed by atoms with van der Waals surface area (Å²) in [6, 6.07) is 12.8. The van der Waals surface area contributed by atoms with Crippen LogP contribution in [0.2, 0.25) is 0 Å². The molecule has 2 saturated heterocycles. The zero-order chi connectivity index (χ0) is 30.7. The van der Waals surface area contributed by atoms with E-state index in [2.05, 4.69) is 27.0 Å². The molecule has 0 atom stereocenters. The molecule has 2 aromatic carbocycles. The monoisotopic (exact) mass is 625 g/mol. The van der Waals surface area contributed by atoms with E-state index in [-0.39, 0.29) is 48.1 Å². The Morgan fingerprint density at radius 1 is 1.07 bits per heavy atom. The van der Waals surface area contributed by atoms with Crippen molar-refractivity contribution in [2.24, 2.45) is 0 Å². The number of benzene rings is 2. The van der Waals surface area contributed by atoms with Crippen LogP contribution < -0.4 is 9.64 Å². The van der Waals surface area contributed by atoms with E-state index in [1.54, 1.807) is 41.3 Å². The van der Waals surface area contributed by atoms with E-state index in [1.807, 2.05) is 0 Å². The van der Waals surface area contributed by atoms with Crippen LogP contribution in [-0.4, -0.2) is 65.0 Å². The van der Waals surface area contributed by atoms with Gasteiger partial charge < -0.3 is 19.3 Å². The summed E-state index contributed by atoms with van der Waals surface area (Å²) in [5.74, 6) is -0.831. The summed E-state index contributed by atoms with van der Waals surface area (Å²) in [4.78, 5) is 8.37. The molecule has 2 aliphatic rings. The summed E-state index contributed by atoms with van der Waals surface area (Å²) in [5, 5.41) is 9.64. The predicted octanol–water partition coefficient (Wildman–Crippen LogP) is 7.57. The number of hydrogen-bond donors (Lipinski definition) is 0. The van der Waals surface area contributed by atoms with Gasteiger partial charge in [-0.05, 0) is 55.8 Å². The van der Waals surface area contributed by atoms with Crippen molar-refractivity contribution in [3.8, 4) is 22.1 Å². The fourth-order valence-corrected chi connectivity index (χ4v) is 6.58. The van der Waals surface area contributed by atoms with E-state index in [1.165, 1.54) is 41.2 Å². The van der Waals surface area contributed by atoms with Crippen LogP contribution in [0.3, 0.4) is 0 Å². The quantitative estimate of drug-likeness (QED) is 0.196. The molecule has 0 radical (unpaired) electrons. The maximum Gasteiger partial charge on any atom is 0.422 e. The lowest BCUT2D eigenvalue weighted by molar-refractivity contribution is -0.138. The fourth-order valence-electron chi connectivity index (χ4n) is 5.78. The lowest BCUT2D eigenvalue weighted by Gasteiger charge is -2.48. The lowest BCUT2D eigenvalue weighted by atomic mass is 9.88. The van der Waals surface area contributed by atoms with Crippen molar-refractivity contribution in [2.75, 3.05) is 44.2 Å². The van der Waals surface area contributed by atoms with Crippen LogP contribution in [0.1, 0.15) is 36.6 Å². The van der Waals surface area contributed by atoms with Crippen LogP contribution in [0, 0.1) is 0 Å². The molecule has 2 aliphatic heterocycles. The molecule has 0 bridgehead atoms. The van der Waals surface area contributed by atoms with Crippen LogP contribution in [0.5, 0.6) is 11.5 Å². The summed E-state index contributed by atoms with van der Waals surface area (Å²) >= 11 is 1.21. The summed E-state index contributed by atoms with van der Waals surface area (Å²) in [6.07, 6.45) is 0.755. The number of nitrogens with zero attached hydrogens (tertiary/aromatic N) is 5. The van der Waals surface area contributed by atoms with Crippen molar-refractivity contribution in [3.05, 3.63) is 83.1 Å². The van der Waals surface area contributed by atoms with Gasteiger partial charge >= 0.3 is 6.18 Å². The number of likely N-dealkylation sites (tertiary alicyclic amines) is 1.